The van der Waals surface area contributed by atoms with Crippen LogP contribution in [0.2, 0.25) is 0 Å². The lowest BCUT2D eigenvalue weighted by Crippen LogP contribution is -2.29. The number of methoxy groups -OCH3 is 1. The van der Waals surface area contributed by atoms with Gasteiger partial charge in [-0.3, -0.25) is 4.79 Å². The number of amides is 1. The molecule has 0 heterocycles. The topological polar surface area (TPSA) is 73.6 Å². The fraction of sp³-hybridized carbons (Fsp3) is 0.364. The summed E-state index contributed by atoms with van der Waals surface area (Å²) in [4.78, 5) is 11.7. The third-order valence-electron chi connectivity index (χ3n) is 2.08. The maximum Gasteiger partial charge on any atom is 0.387 e. The number of benzene rings is 1. The first-order chi connectivity index (χ1) is 8.60. The van der Waals surface area contributed by atoms with Crippen molar-refractivity contribution in [3.63, 3.8) is 0 Å². The monoisotopic (exact) mass is 260 g/mol. The molecule has 0 saturated carbocycles. The Morgan fingerprint density at radius 1 is 1.50 bits per heavy atom. The van der Waals surface area contributed by atoms with Gasteiger partial charge in [-0.1, -0.05) is 6.07 Å². The third-order valence-corrected chi connectivity index (χ3v) is 2.08. The lowest BCUT2D eigenvalue weighted by atomic mass is 10.1. The van der Waals surface area contributed by atoms with E-state index >= 15 is 0 Å². The average molecular weight is 260 g/mol. The van der Waals surface area contributed by atoms with Gasteiger partial charge in [0, 0.05) is 13.1 Å². The number of carbonyl (C=O) groups is 1. The molecule has 0 aliphatic carbocycles. The van der Waals surface area contributed by atoms with Crippen LogP contribution in [-0.4, -0.2) is 32.7 Å². The van der Waals surface area contributed by atoms with Gasteiger partial charge in [0.2, 0.25) is 0 Å². The van der Waals surface area contributed by atoms with Gasteiger partial charge in [-0.2, -0.15) is 8.78 Å². The second kappa shape index (κ2) is 6.75. The Balaban J connectivity index is 3.05. The highest BCUT2D eigenvalue weighted by Crippen LogP contribution is 2.32. The molecule has 1 aromatic carbocycles. The molecule has 100 valence electrons. The molecule has 0 unspecified atom stereocenters. The molecule has 5 nitrogen and oxygen atoms in total. The van der Waals surface area contributed by atoms with E-state index in [2.05, 4.69) is 10.1 Å². The van der Waals surface area contributed by atoms with Crippen molar-refractivity contribution in [3.8, 4) is 11.5 Å². The molecular formula is C11H14F2N2O3. The van der Waals surface area contributed by atoms with Crippen LogP contribution in [0.4, 0.5) is 8.78 Å². The molecule has 1 rings (SSSR count). The zero-order valence-electron chi connectivity index (χ0n) is 9.78. The first kappa shape index (κ1) is 14.2. The maximum atomic E-state index is 12.3. The van der Waals surface area contributed by atoms with E-state index < -0.39 is 12.5 Å². The molecule has 18 heavy (non-hydrogen) atoms. The Morgan fingerprint density at radius 3 is 2.78 bits per heavy atom. The fourth-order valence-electron chi connectivity index (χ4n) is 1.35. The van der Waals surface area contributed by atoms with E-state index in [0.717, 1.165) is 0 Å². The van der Waals surface area contributed by atoms with E-state index in [9.17, 15) is 13.6 Å². The van der Waals surface area contributed by atoms with E-state index in [1.165, 1.54) is 25.3 Å². The smallest absolute Gasteiger partial charge is 0.387 e. The molecule has 0 atom stereocenters. The van der Waals surface area contributed by atoms with Crippen molar-refractivity contribution in [1.29, 1.82) is 0 Å². The average Bonchev–Trinajstić information content (AvgIpc) is 2.35. The summed E-state index contributed by atoms with van der Waals surface area (Å²) >= 11 is 0. The van der Waals surface area contributed by atoms with Crippen molar-refractivity contribution in [1.82, 2.24) is 5.32 Å². The van der Waals surface area contributed by atoms with Crippen LogP contribution in [-0.2, 0) is 0 Å². The van der Waals surface area contributed by atoms with Crippen LogP contribution < -0.4 is 20.5 Å². The van der Waals surface area contributed by atoms with Crippen molar-refractivity contribution < 1.29 is 23.0 Å². The minimum absolute atomic E-state index is 0.0249. The lowest BCUT2D eigenvalue weighted by Gasteiger charge is -2.13. The van der Waals surface area contributed by atoms with Gasteiger partial charge in [-0.25, -0.2) is 0 Å². The van der Waals surface area contributed by atoms with Gasteiger partial charge in [-0.15, -0.1) is 0 Å². The lowest BCUT2D eigenvalue weighted by molar-refractivity contribution is -0.0515. The van der Waals surface area contributed by atoms with Crippen LogP contribution in [0.5, 0.6) is 11.5 Å². The van der Waals surface area contributed by atoms with Gasteiger partial charge >= 0.3 is 6.61 Å². The molecule has 0 aromatic heterocycles. The molecule has 1 aromatic rings. The van der Waals surface area contributed by atoms with Gasteiger partial charge in [0.25, 0.3) is 5.91 Å². The molecule has 0 spiro atoms. The van der Waals surface area contributed by atoms with Crippen molar-refractivity contribution in [2.75, 3.05) is 20.2 Å². The highest BCUT2D eigenvalue weighted by Gasteiger charge is 2.19. The second-order valence-electron chi connectivity index (χ2n) is 3.26. The number of nitrogens with one attached hydrogen (secondary N) is 1. The fourth-order valence-corrected chi connectivity index (χ4v) is 1.35. The van der Waals surface area contributed by atoms with Crippen molar-refractivity contribution in [2.24, 2.45) is 5.73 Å². The minimum Gasteiger partial charge on any atom is -0.493 e. The molecule has 0 radical (unpaired) electrons. The van der Waals surface area contributed by atoms with Crippen LogP contribution in [0, 0.1) is 0 Å². The normalized spacial score (nSPS) is 10.3. The van der Waals surface area contributed by atoms with E-state index in [1.54, 1.807) is 0 Å². The molecule has 7 heteroatoms. The summed E-state index contributed by atoms with van der Waals surface area (Å²) in [6.45, 7) is -2.55. The summed E-state index contributed by atoms with van der Waals surface area (Å²) in [6.07, 6.45) is 0. The van der Waals surface area contributed by atoms with Crippen molar-refractivity contribution in [3.05, 3.63) is 23.8 Å². The van der Waals surface area contributed by atoms with Crippen molar-refractivity contribution >= 4 is 5.91 Å². The Labute approximate surface area is 103 Å². The number of ether oxygens (including phenoxy) is 2. The SMILES string of the molecule is COc1cccc(C(=O)NCCN)c1OC(F)F. The zero-order chi connectivity index (χ0) is 13.5. The Hall–Kier alpha value is -1.89. The molecule has 0 fully saturated rings. The predicted octanol–water partition coefficient (Wildman–Crippen LogP) is 0.985. The second-order valence-corrected chi connectivity index (χ2v) is 3.26. The van der Waals surface area contributed by atoms with Crippen molar-refractivity contribution in [2.45, 2.75) is 6.61 Å². The van der Waals surface area contributed by atoms with Gasteiger partial charge < -0.3 is 20.5 Å². The summed E-state index contributed by atoms with van der Waals surface area (Å²) in [5.41, 5.74) is 5.21. The standard InChI is InChI=1S/C11H14F2N2O3/c1-17-8-4-2-3-7(9(8)18-11(12)13)10(16)15-6-5-14/h2-4,11H,5-6,14H2,1H3,(H,15,16). The molecule has 1 amide bonds. The van der Waals surface area contributed by atoms with Crippen LogP contribution in [0.1, 0.15) is 10.4 Å². The van der Waals surface area contributed by atoms with Crippen LogP contribution in [0.15, 0.2) is 18.2 Å². The summed E-state index contributed by atoms with van der Waals surface area (Å²) in [6, 6.07) is 4.30. The third kappa shape index (κ3) is 3.56. The van der Waals surface area contributed by atoms with Gasteiger partial charge in [0.15, 0.2) is 11.5 Å². The number of nitrogens with two attached hydrogens (primary N) is 1. The number of carbonyl (C=O) groups excluding carboxylic acids is 1. The number of rotatable bonds is 6. The molecule has 0 aliphatic rings. The number of para-hydroxylation sites is 1. The number of hydrogen-bond donors (Lipinski definition) is 2. The molecular weight excluding hydrogens is 246 g/mol. The summed E-state index contributed by atoms with van der Waals surface area (Å²) in [5, 5.41) is 2.47. The largest absolute Gasteiger partial charge is 0.493 e. The highest BCUT2D eigenvalue weighted by molar-refractivity contribution is 5.97. The van der Waals surface area contributed by atoms with Crippen LogP contribution in [0.3, 0.4) is 0 Å². The molecule has 0 saturated heterocycles. The molecule has 3 N–H and O–H groups in total. The quantitative estimate of drug-likeness (QED) is 0.799. The van der Waals surface area contributed by atoms with E-state index in [4.69, 9.17) is 10.5 Å². The first-order valence-corrected chi connectivity index (χ1v) is 5.20. The minimum atomic E-state index is -3.04. The van der Waals surface area contributed by atoms with E-state index in [-0.39, 0.29) is 30.2 Å². The van der Waals surface area contributed by atoms with Gasteiger partial charge in [-0.05, 0) is 12.1 Å². The van der Waals surface area contributed by atoms with Crippen LogP contribution >= 0.6 is 0 Å². The molecule has 0 bridgehead atoms. The summed E-state index contributed by atoms with van der Waals surface area (Å²) in [5.74, 6) is -0.768. The molecule has 0 aliphatic heterocycles. The number of halogens is 2. The predicted molar refractivity (Wildman–Crippen MR) is 61.0 cm³/mol. The van der Waals surface area contributed by atoms with Gasteiger partial charge in [0.05, 0.1) is 12.7 Å². The summed E-state index contributed by atoms with van der Waals surface area (Å²) in [7, 11) is 1.30. The summed E-state index contributed by atoms with van der Waals surface area (Å²) < 4.78 is 33.8. The Bertz CT molecular complexity index is 413. The number of hydrogen-bond acceptors (Lipinski definition) is 4. The number of alkyl halides is 2. The maximum absolute atomic E-state index is 12.3. The van der Waals surface area contributed by atoms with Gasteiger partial charge in [0.1, 0.15) is 0 Å². The Kier molecular flexibility index (Phi) is 5.31. The first-order valence-electron chi connectivity index (χ1n) is 5.20. The van der Waals surface area contributed by atoms with E-state index in [0.29, 0.717) is 0 Å². The highest BCUT2D eigenvalue weighted by atomic mass is 19.3. The van der Waals surface area contributed by atoms with Crippen LogP contribution in [0.25, 0.3) is 0 Å². The Morgan fingerprint density at radius 2 is 2.22 bits per heavy atom. The zero-order valence-corrected chi connectivity index (χ0v) is 9.78. The van der Waals surface area contributed by atoms with E-state index in [1.807, 2.05) is 0 Å².